The summed E-state index contributed by atoms with van der Waals surface area (Å²) >= 11 is 4.21. The van der Waals surface area contributed by atoms with Crippen molar-refractivity contribution in [2.45, 2.75) is 52.0 Å². The van der Waals surface area contributed by atoms with Crippen LogP contribution in [0.1, 0.15) is 41.5 Å². The van der Waals surface area contributed by atoms with Crippen LogP contribution in [0.15, 0.2) is 12.1 Å². The largest absolute Gasteiger partial charge is 0.480 e. The minimum atomic E-state index is -0.943. The molecule has 130 valence electrons. The molecule has 1 aromatic rings. The highest BCUT2D eigenvalue weighted by Gasteiger charge is 2.42. The highest BCUT2D eigenvalue weighted by atomic mass is 32.1. The average Bonchev–Trinajstić information content (AvgIpc) is 2.88. The molecule has 4 nitrogen and oxygen atoms in total. The summed E-state index contributed by atoms with van der Waals surface area (Å²) in [5.74, 6) is -0.937. The number of hydrogen-bond donors (Lipinski definition) is 2. The number of carbonyl (C=O) groups is 2. The maximum Gasteiger partial charge on any atom is 0.322 e. The molecule has 1 aliphatic carbocycles. The van der Waals surface area contributed by atoms with Crippen LogP contribution < -0.4 is 0 Å². The summed E-state index contributed by atoms with van der Waals surface area (Å²) in [5, 5.41) is 9.36. The fourth-order valence-corrected chi connectivity index (χ4v) is 4.78. The zero-order valence-electron chi connectivity index (χ0n) is 14.3. The Balaban J connectivity index is 1.69. The van der Waals surface area contributed by atoms with Gasteiger partial charge in [0.15, 0.2) is 0 Å². The molecule has 2 unspecified atom stereocenters. The molecule has 0 aromatic heterocycles. The van der Waals surface area contributed by atoms with E-state index in [1.54, 1.807) is 0 Å². The maximum absolute atomic E-state index is 12.7. The molecule has 1 fully saturated rings. The van der Waals surface area contributed by atoms with Gasteiger partial charge in [-0.1, -0.05) is 30.5 Å². The van der Waals surface area contributed by atoms with E-state index >= 15 is 0 Å². The van der Waals surface area contributed by atoms with Crippen LogP contribution in [-0.2, 0) is 22.4 Å². The summed E-state index contributed by atoms with van der Waals surface area (Å²) in [6.07, 6.45) is 4.05. The van der Waals surface area contributed by atoms with Gasteiger partial charge in [0, 0.05) is 18.9 Å². The first kappa shape index (κ1) is 17.5. The molecule has 1 heterocycles. The number of hydrogen-bond acceptors (Lipinski definition) is 4. The quantitative estimate of drug-likeness (QED) is 0.822. The molecular weight excluding hydrogens is 322 g/mol. The van der Waals surface area contributed by atoms with Gasteiger partial charge < -0.3 is 5.11 Å². The van der Waals surface area contributed by atoms with E-state index in [0.717, 1.165) is 19.3 Å². The molecule has 3 atom stereocenters. The number of aliphatic carboxylic acids is 1. The lowest BCUT2D eigenvalue weighted by atomic mass is 9.77. The van der Waals surface area contributed by atoms with E-state index in [1.165, 1.54) is 26.6 Å². The number of carboxylic acid groups (broad SMARTS) is 1. The molecular formula is C19H25NO3S. The third-order valence-electron chi connectivity index (χ3n) is 5.55. The van der Waals surface area contributed by atoms with Gasteiger partial charge in [-0.05, 0) is 62.1 Å². The van der Waals surface area contributed by atoms with Crippen LogP contribution in [0, 0.1) is 25.7 Å². The normalized spacial score (nSPS) is 27.0. The molecule has 5 heteroatoms. The van der Waals surface area contributed by atoms with Gasteiger partial charge in [0.05, 0.1) is 0 Å². The summed E-state index contributed by atoms with van der Waals surface area (Å²) in [7, 11) is 0. The Hall–Kier alpha value is -1.33. The van der Waals surface area contributed by atoms with Gasteiger partial charge in [0.1, 0.15) is 11.8 Å². The van der Waals surface area contributed by atoms with Gasteiger partial charge in [-0.25, -0.2) is 4.31 Å². The standard InChI is InChI=1S/C19H25NO3S/c1-11-7-12(2)15-4-3-13(9-14(15)8-11)10-17(21)16-5-6-20(24)18(16)19(22)23/h7-8,13,16,18,24H,3-6,9-10H2,1-2H3,(H,22,23)/t13?,16?,18-/m0/s1. The Morgan fingerprint density at radius 2 is 2.04 bits per heavy atom. The van der Waals surface area contributed by atoms with Crippen LogP contribution in [0.3, 0.4) is 0 Å². The van der Waals surface area contributed by atoms with Crippen molar-refractivity contribution in [3.8, 4) is 0 Å². The van der Waals surface area contributed by atoms with Gasteiger partial charge in [0.25, 0.3) is 0 Å². The van der Waals surface area contributed by atoms with E-state index in [9.17, 15) is 14.7 Å². The Bertz CT molecular complexity index is 673. The number of carboxylic acids is 1. The molecule has 24 heavy (non-hydrogen) atoms. The van der Waals surface area contributed by atoms with Gasteiger partial charge >= 0.3 is 5.97 Å². The predicted octanol–water partition coefficient (Wildman–Crippen LogP) is 2.99. The van der Waals surface area contributed by atoms with Crippen molar-refractivity contribution in [1.82, 2.24) is 4.31 Å². The summed E-state index contributed by atoms with van der Waals surface area (Å²) in [5.41, 5.74) is 5.43. The number of benzene rings is 1. The Morgan fingerprint density at radius 3 is 2.75 bits per heavy atom. The molecule has 1 aromatic carbocycles. The van der Waals surface area contributed by atoms with Crippen molar-refractivity contribution >= 4 is 24.6 Å². The highest BCUT2D eigenvalue weighted by molar-refractivity contribution is 7.77. The van der Waals surface area contributed by atoms with Crippen LogP contribution in [0.5, 0.6) is 0 Å². The van der Waals surface area contributed by atoms with Crippen molar-refractivity contribution in [3.05, 3.63) is 34.4 Å². The number of aryl methyl sites for hydroxylation is 2. The second-order valence-electron chi connectivity index (χ2n) is 7.34. The number of ketones is 1. The van der Waals surface area contributed by atoms with Gasteiger partial charge in [-0.2, -0.15) is 0 Å². The van der Waals surface area contributed by atoms with Crippen LogP contribution in [0.2, 0.25) is 0 Å². The number of nitrogens with zero attached hydrogens (tertiary/aromatic N) is 1. The number of thiol groups is 1. The SMILES string of the molecule is Cc1cc(C)c2c(c1)CC(CC(=O)C1CCN(S)[C@@H]1C(=O)O)CC2. The van der Waals surface area contributed by atoms with Crippen molar-refractivity contribution in [2.75, 3.05) is 6.54 Å². The molecule has 2 aliphatic rings. The van der Waals surface area contributed by atoms with Crippen molar-refractivity contribution in [1.29, 1.82) is 0 Å². The van der Waals surface area contributed by atoms with Crippen molar-refractivity contribution in [2.24, 2.45) is 11.8 Å². The maximum atomic E-state index is 12.7. The zero-order chi connectivity index (χ0) is 17.4. The molecule has 1 N–H and O–H groups in total. The molecule has 0 bridgehead atoms. The van der Waals surface area contributed by atoms with E-state index in [0.29, 0.717) is 25.3 Å². The summed E-state index contributed by atoms with van der Waals surface area (Å²) in [6, 6.07) is 3.69. The fourth-order valence-electron chi connectivity index (χ4n) is 4.41. The van der Waals surface area contributed by atoms with Crippen LogP contribution in [-0.4, -0.2) is 33.8 Å². The second-order valence-corrected chi connectivity index (χ2v) is 7.85. The lowest BCUT2D eigenvalue weighted by Gasteiger charge is -2.27. The van der Waals surface area contributed by atoms with Crippen LogP contribution in [0.4, 0.5) is 0 Å². The summed E-state index contributed by atoms with van der Waals surface area (Å²) < 4.78 is 1.49. The van der Waals surface area contributed by atoms with E-state index in [-0.39, 0.29) is 5.78 Å². The lowest BCUT2D eigenvalue weighted by Crippen LogP contribution is -2.38. The summed E-state index contributed by atoms with van der Waals surface area (Å²) in [4.78, 5) is 24.1. The van der Waals surface area contributed by atoms with Gasteiger partial charge in [-0.15, -0.1) is 0 Å². The number of Topliss-reactive ketones (excluding diaryl/α,β-unsaturated/α-hetero) is 1. The van der Waals surface area contributed by atoms with Crippen LogP contribution in [0.25, 0.3) is 0 Å². The molecule has 3 rings (SSSR count). The zero-order valence-corrected chi connectivity index (χ0v) is 15.2. The van der Waals surface area contributed by atoms with Crippen molar-refractivity contribution in [3.63, 3.8) is 0 Å². The minimum absolute atomic E-state index is 0.0942. The third-order valence-corrected chi connectivity index (χ3v) is 6.00. The molecule has 1 saturated heterocycles. The van der Waals surface area contributed by atoms with Gasteiger partial charge in [-0.3, -0.25) is 9.59 Å². The van der Waals surface area contributed by atoms with E-state index in [4.69, 9.17) is 0 Å². The lowest BCUT2D eigenvalue weighted by molar-refractivity contribution is -0.144. The first-order valence-electron chi connectivity index (χ1n) is 8.67. The average molecular weight is 347 g/mol. The molecule has 0 amide bonds. The number of rotatable bonds is 4. The molecule has 0 radical (unpaired) electrons. The van der Waals surface area contributed by atoms with E-state index < -0.39 is 17.9 Å². The number of carbonyl (C=O) groups excluding carboxylic acids is 1. The van der Waals surface area contributed by atoms with Crippen molar-refractivity contribution < 1.29 is 14.7 Å². The van der Waals surface area contributed by atoms with Gasteiger partial charge in [0.2, 0.25) is 0 Å². The minimum Gasteiger partial charge on any atom is -0.480 e. The first-order valence-corrected chi connectivity index (χ1v) is 9.07. The molecule has 0 saturated carbocycles. The molecule has 1 aliphatic heterocycles. The van der Waals surface area contributed by atoms with E-state index in [2.05, 4.69) is 38.8 Å². The molecule has 0 spiro atoms. The van der Waals surface area contributed by atoms with E-state index in [1.807, 2.05) is 0 Å². The third kappa shape index (κ3) is 3.38. The monoisotopic (exact) mass is 347 g/mol. The first-order chi connectivity index (χ1) is 11.4. The highest BCUT2D eigenvalue weighted by Crippen LogP contribution is 2.34. The Morgan fingerprint density at radius 1 is 1.29 bits per heavy atom. The number of fused-ring (bicyclic) bond motifs is 1. The Kier molecular flexibility index (Phi) is 5.02. The van der Waals surface area contributed by atoms with Crippen LogP contribution >= 0.6 is 12.8 Å². The second kappa shape index (κ2) is 6.89. The topological polar surface area (TPSA) is 57.6 Å². The fraction of sp³-hybridized carbons (Fsp3) is 0.579. The summed E-state index contributed by atoms with van der Waals surface area (Å²) in [6.45, 7) is 4.83. The predicted molar refractivity (Wildman–Crippen MR) is 96.3 cm³/mol. The smallest absolute Gasteiger partial charge is 0.322 e. The Labute approximate surface area is 148 Å².